The molecule has 1 fully saturated rings. The molecule has 1 saturated carbocycles. The molecule has 4 N–H and O–H groups in total. The van der Waals surface area contributed by atoms with Crippen LogP contribution < -0.4 is 21.3 Å². The third-order valence-electron chi connectivity index (χ3n) is 7.77. The lowest BCUT2D eigenvalue weighted by atomic mass is 9.83. The molecule has 1 aliphatic rings. The molecule has 4 amide bonds. The molecular weight excluding hydrogens is 574 g/mol. The second-order valence-electron chi connectivity index (χ2n) is 11.6. The minimum absolute atomic E-state index is 0.0435. The highest BCUT2D eigenvalue weighted by atomic mass is 16.2. The summed E-state index contributed by atoms with van der Waals surface area (Å²) in [5, 5.41) is 10.8. The number of hydrogen-bond acceptors (Lipinski definition) is 8. The van der Waals surface area contributed by atoms with Gasteiger partial charge in [0.05, 0.1) is 18.4 Å². The van der Waals surface area contributed by atoms with E-state index in [4.69, 9.17) is 0 Å². The maximum atomic E-state index is 13.7. The summed E-state index contributed by atoms with van der Waals surface area (Å²) in [5.74, 6) is -3.56. The van der Waals surface area contributed by atoms with E-state index in [-0.39, 0.29) is 24.6 Å². The summed E-state index contributed by atoms with van der Waals surface area (Å²) in [5.41, 5.74) is -0.114. The van der Waals surface area contributed by atoms with Gasteiger partial charge in [0.1, 0.15) is 23.3 Å². The zero-order valence-corrected chi connectivity index (χ0v) is 25.5. The molecule has 45 heavy (non-hydrogen) atoms. The molecule has 0 spiro atoms. The molecule has 2 aromatic heterocycles. The van der Waals surface area contributed by atoms with Gasteiger partial charge in [-0.15, -0.1) is 0 Å². The number of ketones is 1. The third-order valence-corrected chi connectivity index (χ3v) is 7.77. The van der Waals surface area contributed by atoms with E-state index in [9.17, 15) is 24.0 Å². The Balaban J connectivity index is 1.47. The van der Waals surface area contributed by atoms with Crippen molar-refractivity contribution >= 4 is 29.4 Å². The van der Waals surface area contributed by atoms with Crippen LogP contribution in [-0.2, 0) is 32.1 Å². The van der Waals surface area contributed by atoms with Crippen LogP contribution in [0.2, 0.25) is 0 Å². The number of hydrogen-bond donors (Lipinski definition) is 4. The Morgan fingerprint density at radius 3 is 2.27 bits per heavy atom. The fraction of sp³-hybridized carbons (Fsp3) is 0.394. The molecule has 4 rings (SSSR count). The van der Waals surface area contributed by atoms with Crippen LogP contribution in [-0.4, -0.2) is 62.0 Å². The highest BCUT2D eigenvalue weighted by Crippen LogP contribution is 2.27. The highest BCUT2D eigenvalue weighted by Gasteiger charge is 2.38. The predicted octanol–water partition coefficient (Wildman–Crippen LogP) is 2.06. The fourth-order valence-corrected chi connectivity index (χ4v) is 5.26. The van der Waals surface area contributed by atoms with E-state index >= 15 is 0 Å². The van der Waals surface area contributed by atoms with Crippen LogP contribution in [0.4, 0.5) is 0 Å². The quantitative estimate of drug-likeness (QED) is 0.212. The molecule has 2 heterocycles. The van der Waals surface area contributed by atoms with Gasteiger partial charge in [-0.05, 0) is 50.3 Å². The van der Waals surface area contributed by atoms with Crippen LogP contribution in [0.15, 0.2) is 73.3 Å². The number of carbonyl (C=O) groups is 5. The number of nitrogens with zero attached hydrogens (tertiary/aromatic N) is 3. The average Bonchev–Trinajstić information content (AvgIpc) is 3.06. The summed E-state index contributed by atoms with van der Waals surface area (Å²) in [6, 6.07) is 12.1. The number of Topliss-reactive ketones (excluding diaryl/α,β-unsaturated/α-hetero) is 1. The summed E-state index contributed by atoms with van der Waals surface area (Å²) < 4.78 is 0. The van der Waals surface area contributed by atoms with Gasteiger partial charge in [0.25, 0.3) is 11.8 Å². The van der Waals surface area contributed by atoms with Crippen molar-refractivity contribution < 1.29 is 24.0 Å². The first kappa shape index (κ1) is 32.9. The molecule has 3 aromatic rings. The van der Waals surface area contributed by atoms with Crippen molar-refractivity contribution in [3.8, 4) is 0 Å². The number of carbonyl (C=O) groups excluding carboxylic acids is 5. The average molecular weight is 614 g/mol. The molecule has 0 saturated heterocycles. The lowest BCUT2D eigenvalue weighted by Crippen LogP contribution is -2.62. The van der Waals surface area contributed by atoms with Crippen molar-refractivity contribution in [2.75, 3.05) is 0 Å². The molecule has 0 unspecified atom stereocenters. The lowest BCUT2D eigenvalue weighted by molar-refractivity contribution is -0.141. The Labute approximate surface area is 262 Å². The number of rotatable bonds is 13. The maximum Gasteiger partial charge on any atom is 0.289 e. The number of benzene rings is 1. The monoisotopic (exact) mass is 613 g/mol. The zero-order chi connectivity index (χ0) is 32.2. The predicted molar refractivity (Wildman–Crippen MR) is 165 cm³/mol. The zero-order valence-electron chi connectivity index (χ0n) is 25.5. The summed E-state index contributed by atoms with van der Waals surface area (Å²) in [4.78, 5) is 78.6. The minimum atomic E-state index is -1.50. The van der Waals surface area contributed by atoms with Crippen molar-refractivity contribution in [1.82, 2.24) is 36.2 Å². The van der Waals surface area contributed by atoms with Crippen molar-refractivity contribution in [2.45, 2.75) is 76.5 Å². The molecule has 0 aliphatic heterocycles. The molecule has 12 heteroatoms. The highest BCUT2D eigenvalue weighted by molar-refractivity contribution is 6.38. The number of aromatic nitrogens is 3. The normalized spacial score (nSPS) is 14.8. The Morgan fingerprint density at radius 2 is 1.60 bits per heavy atom. The molecule has 0 radical (unpaired) electrons. The minimum Gasteiger partial charge on any atom is -0.344 e. The van der Waals surface area contributed by atoms with Gasteiger partial charge in [0.2, 0.25) is 17.6 Å². The molecule has 12 nitrogen and oxygen atoms in total. The second-order valence-corrected chi connectivity index (χ2v) is 11.6. The van der Waals surface area contributed by atoms with Gasteiger partial charge in [-0.25, -0.2) is 4.98 Å². The van der Waals surface area contributed by atoms with Crippen LogP contribution in [0.1, 0.15) is 67.7 Å². The third kappa shape index (κ3) is 9.49. The van der Waals surface area contributed by atoms with Gasteiger partial charge < -0.3 is 21.3 Å². The summed E-state index contributed by atoms with van der Waals surface area (Å²) >= 11 is 0. The van der Waals surface area contributed by atoms with E-state index in [1.54, 1.807) is 48.7 Å². The van der Waals surface area contributed by atoms with Gasteiger partial charge in [0, 0.05) is 25.0 Å². The largest absolute Gasteiger partial charge is 0.344 e. The summed E-state index contributed by atoms with van der Waals surface area (Å²) in [6.07, 6.45) is 10.2. The molecule has 0 bridgehead atoms. The van der Waals surface area contributed by atoms with E-state index in [0.29, 0.717) is 5.69 Å². The van der Waals surface area contributed by atoms with E-state index < -0.39 is 47.0 Å². The van der Waals surface area contributed by atoms with Gasteiger partial charge >= 0.3 is 0 Å². The summed E-state index contributed by atoms with van der Waals surface area (Å²) in [7, 11) is 0. The molecular formula is C33H39N7O5. The topological polar surface area (TPSA) is 172 Å². The van der Waals surface area contributed by atoms with Crippen molar-refractivity contribution in [1.29, 1.82) is 0 Å². The standard InChI is InChI=1S/C33H39N7O5/c1-33(2,40-30(43)27(23-13-7-4-8-14-23)39-29(42)26-21-34-17-18-36-26)32(45)38-25(19-22-11-5-3-6-12-22)28(41)31(44)37-20-24-15-9-10-16-35-24/h3,5-6,9-12,15-18,21,23,25,27H,4,7-8,13-14,19-20H2,1-2H3,(H,37,44)(H,38,45)(H,39,42)(H,40,43)/t25-,27-/m1/s1. The Hall–Kier alpha value is -5.00. The van der Waals surface area contributed by atoms with Gasteiger partial charge in [0.15, 0.2) is 0 Å². The van der Waals surface area contributed by atoms with Gasteiger partial charge in [-0.3, -0.25) is 33.9 Å². The Bertz CT molecular complexity index is 1460. The second kappa shape index (κ2) is 15.6. The van der Waals surface area contributed by atoms with E-state index in [2.05, 4.69) is 36.2 Å². The molecule has 2 atom stereocenters. The maximum absolute atomic E-state index is 13.7. The van der Waals surface area contributed by atoms with Crippen LogP contribution in [0, 0.1) is 5.92 Å². The van der Waals surface area contributed by atoms with Gasteiger partial charge in [-0.1, -0.05) is 55.7 Å². The lowest BCUT2D eigenvalue weighted by Gasteiger charge is -2.34. The molecule has 1 aromatic carbocycles. The van der Waals surface area contributed by atoms with E-state index in [1.165, 1.54) is 32.4 Å². The van der Waals surface area contributed by atoms with Crippen molar-refractivity contribution in [2.24, 2.45) is 5.92 Å². The fourth-order valence-electron chi connectivity index (χ4n) is 5.26. The van der Waals surface area contributed by atoms with Crippen LogP contribution in [0.5, 0.6) is 0 Å². The molecule has 1 aliphatic carbocycles. The summed E-state index contributed by atoms with van der Waals surface area (Å²) in [6.45, 7) is 3.06. The Morgan fingerprint density at radius 1 is 0.867 bits per heavy atom. The van der Waals surface area contributed by atoms with Crippen molar-refractivity contribution in [3.05, 3.63) is 90.3 Å². The van der Waals surface area contributed by atoms with Crippen LogP contribution in [0.25, 0.3) is 0 Å². The van der Waals surface area contributed by atoms with E-state index in [0.717, 1.165) is 37.7 Å². The SMILES string of the molecule is CC(C)(NC(=O)[C@H](NC(=O)c1cnccn1)C1CCCCC1)C(=O)N[C@H](Cc1ccccc1)C(=O)C(=O)NCc1ccccn1. The van der Waals surface area contributed by atoms with Gasteiger partial charge in [-0.2, -0.15) is 0 Å². The smallest absolute Gasteiger partial charge is 0.289 e. The van der Waals surface area contributed by atoms with Crippen LogP contribution in [0.3, 0.4) is 0 Å². The number of nitrogens with one attached hydrogen (secondary N) is 4. The van der Waals surface area contributed by atoms with E-state index in [1.807, 2.05) is 6.07 Å². The molecule has 236 valence electrons. The first-order valence-electron chi connectivity index (χ1n) is 15.1. The first-order valence-corrected chi connectivity index (χ1v) is 15.1. The van der Waals surface area contributed by atoms with Crippen LogP contribution >= 0.6 is 0 Å². The van der Waals surface area contributed by atoms with Crippen molar-refractivity contribution in [3.63, 3.8) is 0 Å². The number of pyridine rings is 1. The Kier molecular flexibility index (Phi) is 11.4. The first-order chi connectivity index (χ1) is 21.6. The number of amides is 4.